The van der Waals surface area contributed by atoms with E-state index in [0.717, 1.165) is 12.7 Å². The van der Waals surface area contributed by atoms with Gasteiger partial charge in [-0.25, -0.2) is 0 Å². The van der Waals surface area contributed by atoms with Crippen LogP contribution in [-0.2, 0) is 15.0 Å². The highest BCUT2D eigenvalue weighted by Crippen LogP contribution is 2.15. The molecule has 6 heteroatoms. The molecule has 5 nitrogen and oxygen atoms in total. The van der Waals surface area contributed by atoms with Gasteiger partial charge in [-0.1, -0.05) is 6.92 Å². The Morgan fingerprint density at radius 3 is 2.50 bits per heavy atom. The second-order valence-electron chi connectivity index (χ2n) is 3.21. The van der Waals surface area contributed by atoms with Crippen LogP contribution in [0.1, 0.15) is 19.8 Å². The lowest BCUT2D eigenvalue weighted by Crippen LogP contribution is -2.49. The summed E-state index contributed by atoms with van der Waals surface area (Å²) in [6.07, 6.45) is 1.86. The standard InChI is InChI=1S/C8H16N2O3S/c1-2-9-5-3-6-10(7-4-8-11)14(9,12)13/h8H,2-7H2,1H3. The highest BCUT2D eigenvalue weighted by atomic mass is 32.2. The van der Waals surface area contributed by atoms with Crippen LogP contribution in [0.25, 0.3) is 0 Å². The molecular formula is C8H16N2O3S. The van der Waals surface area contributed by atoms with Gasteiger partial charge in [-0.15, -0.1) is 0 Å². The first-order valence-electron chi connectivity index (χ1n) is 4.81. The second kappa shape index (κ2) is 4.86. The van der Waals surface area contributed by atoms with Crippen LogP contribution in [0.4, 0.5) is 0 Å². The predicted molar refractivity (Wildman–Crippen MR) is 53.0 cm³/mol. The minimum Gasteiger partial charge on any atom is -0.303 e. The number of carbonyl (C=O) groups excluding carboxylic acids is 1. The van der Waals surface area contributed by atoms with Gasteiger partial charge < -0.3 is 4.79 Å². The van der Waals surface area contributed by atoms with Gasteiger partial charge in [0.1, 0.15) is 6.29 Å². The molecule has 1 aliphatic heterocycles. The van der Waals surface area contributed by atoms with E-state index in [4.69, 9.17) is 0 Å². The number of nitrogens with zero attached hydrogens (tertiary/aromatic N) is 2. The third kappa shape index (κ3) is 2.31. The molecule has 1 heterocycles. The maximum absolute atomic E-state index is 11.8. The zero-order chi connectivity index (χ0) is 10.6. The Labute approximate surface area is 84.9 Å². The summed E-state index contributed by atoms with van der Waals surface area (Å²) >= 11 is 0. The molecule has 0 N–H and O–H groups in total. The van der Waals surface area contributed by atoms with E-state index < -0.39 is 10.2 Å². The first-order valence-corrected chi connectivity index (χ1v) is 6.21. The quantitative estimate of drug-likeness (QED) is 0.619. The Morgan fingerprint density at radius 2 is 1.93 bits per heavy atom. The summed E-state index contributed by atoms with van der Waals surface area (Å²) in [7, 11) is -3.28. The topological polar surface area (TPSA) is 57.7 Å². The van der Waals surface area contributed by atoms with E-state index >= 15 is 0 Å². The molecule has 14 heavy (non-hydrogen) atoms. The average molecular weight is 220 g/mol. The van der Waals surface area contributed by atoms with E-state index in [-0.39, 0.29) is 6.42 Å². The molecule has 0 aromatic carbocycles. The summed E-state index contributed by atoms with van der Waals surface area (Å²) in [5, 5.41) is 0. The summed E-state index contributed by atoms with van der Waals surface area (Å²) in [4.78, 5) is 10.2. The van der Waals surface area contributed by atoms with Crippen LogP contribution in [0.5, 0.6) is 0 Å². The van der Waals surface area contributed by atoms with Gasteiger partial charge in [0.15, 0.2) is 0 Å². The molecular weight excluding hydrogens is 204 g/mol. The van der Waals surface area contributed by atoms with Crippen LogP contribution < -0.4 is 0 Å². The molecule has 0 aliphatic carbocycles. The van der Waals surface area contributed by atoms with E-state index in [1.165, 1.54) is 8.61 Å². The summed E-state index contributed by atoms with van der Waals surface area (Å²) in [6, 6.07) is 0. The third-order valence-electron chi connectivity index (χ3n) is 2.32. The van der Waals surface area contributed by atoms with E-state index in [1.54, 1.807) is 0 Å². The molecule has 0 aromatic rings. The third-order valence-corrected chi connectivity index (χ3v) is 4.43. The molecule has 0 atom stereocenters. The van der Waals surface area contributed by atoms with E-state index in [9.17, 15) is 13.2 Å². The summed E-state index contributed by atoms with van der Waals surface area (Å²) in [6.45, 7) is 3.76. The lowest BCUT2D eigenvalue weighted by Gasteiger charge is -2.33. The van der Waals surface area contributed by atoms with Gasteiger partial charge in [-0.2, -0.15) is 17.0 Å². The number of hydrogen-bond donors (Lipinski definition) is 0. The molecule has 0 spiro atoms. The highest BCUT2D eigenvalue weighted by Gasteiger charge is 2.31. The van der Waals surface area contributed by atoms with Crippen LogP contribution >= 0.6 is 0 Å². The first-order chi connectivity index (χ1) is 6.62. The van der Waals surface area contributed by atoms with Crippen molar-refractivity contribution >= 4 is 16.5 Å². The van der Waals surface area contributed by atoms with Gasteiger partial charge in [0.05, 0.1) is 0 Å². The molecule has 0 saturated carbocycles. The molecule has 1 fully saturated rings. The molecule has 0 bridgehead atoms. The molecule has 1 saturated heterocycles. The van der Waals surface area contributed by atoms with E-state index in [0.29, 0.717) is 26.2 Å². The minimum absolute atomic E-state index is 0.275. The molecule has 0 amide bonds. The lowest BCUT2D eigenvalue weighted by molar-refractivity contribution is -0.107. The van der Waals surface area contributed by atoms with Crippen LogP contribution in [0.15, 0.2) is 0 Å². The lowest BCUT2D eigenvalue weighted by atomic mass is 10.4. The fourth-order valence-electron chi connectivity index (χ4n) is 1.56. The largest absolute Gasteiger partial charge is 0.303 e. The molecule has 1 aliphatic rings. The van der Waals surface area contributed by atoms with Crippen LogP contribution in [0.2, 0.25) is 0 Å². The SMILES string of the molecule is CCN1CCCN(CCC=O)S1(=O)=O. The number of aldehydes is 1. The van der Waals surface area contributed by atoms with Crippen molar-refractivity contribution in [3.8, 4) is 0 Å². The maximum atomic E-state index is 11.8. The Balaban J connectivity index is 2.70. The minimum atomic E-state index is -3.28. The van der Waals surface area contributed by atoms with Crippen molar-refractivity contribution in [1.82, 2.24) is 8.61 Å². The fourth-order valence-corrected chi connectivity index (χ4v) is 3.27. The highest BCUT2D eigenvalue weighted by molar-refractivity contribution is 7.86. The zero-order valence-corrected chi connectivity index (χ0v) is 9.16. The van der Waals surface area contributed by atoms with Crippen molar-refractivity contribution < 1.29 is 13.2 Å². The van der Waals surface area contributed by atoms with Gasteiger partial charge in [0.25, 0.3) is 10.2 Å². The fraction of sp³-hybridized carbons (Fsp3) is 0.875. The number of rotatable bonds is 4. The number of hydrogen-bond acceptors (Lipinski definition) is 3. The van der Waals surface area contributed by atoms with Crippen molar-refractivity contribution in [3.63, 3.8) is 0 Å². The predicted octanol–water partition coefficient (Wildman–Crippen LogP) is -0.152. The van der Waals surface area contributed by atoms with Crippen molar-refractivity contribution in [2.75, 3.05) is 26.2 Å². The molecule has 0 aromatic heterocycles. The van der Waals surface area contributed by atoms with Crippen molar-refractivity contribution in [2.45, 2.75) is 19.8 Å². The molecule has 0 radical (unpaired) electrons. The first kappa shape index (κ1) is 11.6. The molecule has 1 rings (SSSR count). The van der Waals surface area contributed by atoms with E-state index in [2.05, 4.69) is 0 Å². The normalized spacial score (nSPS) is 23.5. The van der Waals surface area contributed by atoms with Gasteiger partial charge >= 0.3 is 0 Å². The smallest absolute Gasteiger partial charge is 0.281 e. The van der Waals surface area contributed by atoms with Gasteiger partial charge in [0.2, 0.25) is 0 Å². The maximum Gasteiger partial charge on any atom is 0.281 e. The monoisotopic (exact) mass is 220 g/mol. The summed E-state index contributed by atoms with van der Waals surface area (Å²) < 4.78 is 26.4. The zero-order valence-electron chi connectivity index (χ0n) is 8.35. The van der Waals surface area contributed by atoms with Crippen LogP contribution in [0.3, 0.4) is 0 Å². The Bertz CT molecular complexity index is 289. The Kier molecular flexibility index (Phi) is 4.03. The van der Waals surface area contributed by atoms with Gasteiger partial charge in [-0.3, -0.25) is 0 Å². The molecule has 0 unspecified atom stereocenters. The van der Waals surface area contributed by atoms with Gasteiger partial charge in [-0.05, 0) is 6.42 Å². The van der Waals surface area contributed by atoms with Gasteiger partial charge in [0, 0.05) is 32.6 Å². The van der Waals surface area contributed by atoms with E-state index in [1.807, 2.05) is 6.92 Å². The Hall–Kier alpha value is -0.460. The number of carbonyl (C=O) groups is 1. The van der Waals surface area contributed by atoms with Crippen LogP contribution in [-0.4, -0.2) is 49.5 Å². The van der Waals surface area contributed by atoms with Crippen molar-refractivity contribution in [1.29, 1.82) is 0 Å². The average Bonchev–Trinajstić information content (AvgIpc) is 2.15. The second-order valence-corrected chi connectivity index (χ2v) is 5.14. The van der Waals surface area contributed by atoms with Crippen molar-refractivity contribution in [2.24, 2.45) is 0 Å². The Morgan fingerprint density at radius 1 is 1.29 bits per heavy atom. The van der Waals surface area contributed by atoms with Crippen molar-refractivity contribution in [3.05, 3.63) is 0 Å². The summed E-state index contributed by atoms with van der Waals surface area (Å²) in [5.74, 6) is 0. The van der Waals surface area contributed by atoms with Crippen LogP contribution in [0, 0.1) is 0 Å². The molecule has 82 valence electrons. The summed E-state index contributed by atoms with van der Waals surface area (Å²) in [5.41, 5.74) is 0.